The minimum atomic E-state index is -0.146. The Morgan fingerprint density at radius 3 is 2.70 bits per heavy atom. The van der Waals surface area contributed by atoms with Gasteiger partial charge in [-0.15, -0.1) is 0 Å². The molecule has 0 saturated carbocycles. The van der Waals surface area contributed by atoms with E-state index in [-0.39, 0.29) is 5.91 Å². The SMILES string of the molecule is C/C=C/C(=O)Nc1cccc(OCc2ccccc2)c1. The summed E-state index contributed by atoms with van der Waals surface area (Å²) in [7, 11) is 0. The van der Waals surface area contributed by atoms with Crippen molar-refractivity contribution in [2.75, 3.05) is 5.32 Å². The van der Waals surface area contributed by atoms with Gasteiger partial charge in [-0.25, -0.2) is 0 Å². The lowest BCUT2D eigenvalue weighted by Crippen LogP contribution is -2.07. The van der Waals surface area contributed by atoms with Gasteiger partial charge in [0, 0.05) is 11.8 Å². The van der Waals surface area contributed by atoms with Crippen LogP contribution < -0.4 is 10.1 Å². The first-order valence-corrected chi connectivity index (χ1v) is 6.48. The predicted octanol–water partition coefficient (Wildman–Crippen LogP) is 3.78. The molecule has 0 aliphatic heterocycles. The van der Waals surface area contributed by atoms with Gasteiger partial charge < -0.3 is 10.1 Å². The molecule has 3 heteroatoms. The van der Waals surface area contributed by atoms with Gasteiger partial charge >= 0.3 is 0 Å². The zero-order valence-electron chi connectivity index (χ0n) is 11.4. The molecular weight excluding hydrogens is 250 g/mol. The third kappa shape index (κ3) is 4.28. The Labute approximate surface area is 118 Å². The third-order valence-electron chi connectivity index (χ3n) is 2.67. The maximum atomic E-state index is 11.5. The molecule has 0 atom stereocenters. The molecule has 0 bridgehead atoms. The van der Waals surface area contributed by atoms with Gasteiger partial charge in [-0.3, -0.25) is 4.79 Å². The maximum absolute atomic E-state index is 11.5. The number of nitrogens with one attached hydrogen (secondary N) is 1. The summed E-state index contributed by atoms with van der Waals surface area (Å²) in [5.74, 6) is 0.583. The Hall–Kier alpha value is -2.55. The van der Waals surface area contributed by atoms with Gasteiger partial charge in [0.25, 0.3) is 0 Å². The predicted molar refractivity (Wildman–Crippen MR) is 80.7 cm³/mol. The van der Waals surface area contributed by atoms with Crippen molar-refractivity contribution in [2.45, 2.75) is 13.5 Å². The zero-order chi connectivity index (χ0) is 14.2. The fourth-order valence-electron chi connectivity index (χ4n) is 1.74. The van der Waals surface area contributed by atoms with E-state index in [4.69, 9.17) is 4.74 Å². The van der Waals surface area contributed by atoms with Crippen LogP contribution in [0.15, 0.2) is 66.7 Å². The molecule has 2 aromatic rings. The minimum absolute atomic E-state index is 0.146. The Morgan fingerprint density at radius 1 is 1.15 bits per heavy atom. The van der Waals surface area contributed by atoms with Gasteiger partial charge in [0.15, 0.2) is 0 Å². The first kappa shape index (κ1) is 13.9. The van der Waals surface area contributed by atoms with Crippen molar-refractivity contribution >= 4 is 11.6 Å². The molecule has 0 radical (unpaired) electrons. The third-order valence-corrected chi connectivity index (χ3v) is 2.67. The highest BCUT2D eigenvalue weighted by atomic mass is 16.5. The Balaban J connectivity index is 1.97. The highest BCUT2D eigenvalue weighted by Crippen LogP contribution is 2.18. The Bertz CT molecular complexity index is 591. The summed E-state index contributed by atoms with van der Waals surface area (Å²) < 4.78 is 5.70. The van der Waals surface area contributed by atoms with Crippen molar-refractivity contribution in [3.05, 3.63) is 72.3 Å². The van der Waals surface area contributed by atoms with Crippen LogP contribution in [0, 0.1) is 0 Å². The second-order valence-corrected chi connectivity index (χ2v) is 4.29. The number of hydrogen-bond donors (Lipinski definition) is 1. The normalized spacial score (nSPS) is 10.4. The average Bonchev–Trinajstić information content (AvgIpc) is 2.47. The molecule has 0 unspecified atom stereocenters. The van der Waals surface area contributed by atoms with Crippen LogP contribution in [0.1, 0.15) is 12.5 Å². The van der Waals surface area contributed by atoms with E-state index in [0.717, 1.165) is 17.0 Å². The molecule has 0 heterocycles. The molecule has 0 saturated heterocycles. The number of benzene rings is 2. The van der Waals surface area contributed by atoms with Crippen molar-refractivity contribution in [1.29, 1.82) is 0 Å². The molecule has 0 aliphatic carbocycles. The van der Waals surface area contributed by atoms with E-state index < -0.39 is 0 Å². The van der Waals surface area contributed by atoms with Crippen molar-refractivity contribution in [2.24, 2.45) is 0 Å². The van der Waals surface area contributed by atoms with Crippen molar-refractivity contribution in [3.8, 4) is 5.75 Å². The van der Waals surface area contributed by atoms with Crippen molar-refractivity contribution in [1.82, 2.24) is 0 Å². The molecule has 1 N–H and O–H groups in total. The van der Waals surface area contributed by atoms with E-state index in [1.807, 2.05) is 54.6 Å². The maximum Gasteiger partial charge on any atom is 0.248 e. The quantitative estimate of drug-likeness (QED) is 0.837. The summed E-state index contributed by atoms with van der Waals surface area (Å²) in [6, 6.07) is 17.3. The molecule has 20 heavy (non-hydrogen) atoms. The lowest BCUT2D eigenvalue weighted by Gasteiger charge is -2.08. The number of anilines is 1. The first-order chi connectivity index (χ1) is 9.78. The number of amides is 1. The highest BCUT2D eigenvalue weighted by molar-refractivity contribution is 5.99. The van der Waals surface area contributed by atoms with Crippen LogP contribution in [0.3, 0.4) is 0 Å². The van der Waals surface area contributed by atoms with E-state index in [0.29, 0.717) is 6.61 Å². The summed E-state index contributed by atoms with van der Waals surface area (Å²) >= 11 is 0. The second kappa shape index (κ2) is 7.14. The van der Waals surface area contributed by atoms with E-state index in [2.05, 4.69) is 5.32 Å². The van der Waals surface area contributed by atoms with E-state index in [9.17, 15) is 4.79 Å². The Kier molecular flexibility index (Phi) is 4.95. The van der Waals surface area contributed by atoms with E-state index in [1.165, 1.54) is 6.08 Å². The number of carbonyl (C=O) groups excluding carboxylic acids is 1. The Morgan fingerprint density at radius 2 is 1.95 bits per heavy atom. The van der Waals surface area contributed by atoms with Crippen molar-refractivity contribution < 1.29 is 9.53 Å². The summed E-state index contributed by atoms with van der Waals surface area (Å²) in [5.41, 5.74) is 1.83. The van der Waals surface area contributed by atoms with Gasteiger partial charge in [0.05, 0.1) is 0 Å². The number of ether oxygens (including phenoxy) is 1. The van der Waals surface area contributed by atoms with Crippen LogP contribution in [-0.4, -0.2) is 5.91 Å². The van der Waals surface area contributed by atoms with Crippen LogP contribution in [0.25, 0.3) is 0 Å². The fraction of sp³-hybridized carbons (Fsp3) is 0.118. The molecule has 0 aliphatic rings. The van der Waals surface area contributed by atoms with Crippen LogP contribution in [0.2, 0.25) is 0 Å². The second-order valence-electron chi connectivity index (χ2n) is 4.29. The van der Waals surface area contributed by atoms with Gasteiger partial charge in [-0.2, -0.15) is 0 Å². The van der Waals surface area contributed by atoms with Gasteiger partial charge in [-0.05, 0) is 30.7 Å². The molecular formula is C17H17NO2. The van der Waals surface area contributed by atoms with Crippen LogP contribution >= 0.6 is 0 Å². The summed E-state index contributed by atoms with van der Waals surface area (Å²) in [6.07, 6.45) is 3.18. The van der Waals surface area contributed by atoms with E-state index >= 15 is 0 Å². The van der Waals surface area contributed by atoms with E-state index in [1.54, 1.807) is 13.0 Å². The van der Waals surface area contributed by atoms with Gasteiger partial charge in [-0.1, -0.05) is 42.5 Å². The molecule has 2 aromatic carbocycles. The monoisotopic (exact) mass is 267 g/mol. The molecule has 0 aromatic heterocycles. The number of hydrogen-bond acceptors (Lipinski definition) is 2. The minimum Gasteiger partial charge on any atom is -0.489 e. The van der Waals surface area contributed by atoms with Gasteiger partial charge in [0.2, 0.25) is 5.91 Å². The molecule has 1 amide bonds. The van der Waals surface area contributed by atoms with Crippen LogP contribution in [0.5, 0.6) is 5.75 Å². The van der Waals surface area contributed by atoms with Gasteiger partial charge in [0.1, 0.15) is 12.4 Å². The van der Waals surface area contributed by atoms with Crippen molar-refractivity contribution in [3.63, 3.8) is 0 Å². The fourth-order valence-corrected chi connectivity index (χ4v) is 1.74. The molecule has 0 spiro atoms. The highest BCUT2D eigenvalue weighted by Gasteiger charge is 2.00. The largest absolute Gasteiger partial charge is 0.489 e. The molecule has 2 rings (SSSR count). The topological polar surface area (TPSA) is 38.3 Å². The lowest BCUT2D eigenvalue weighted by molar-refractivity contribution is -0.111. The summed E-state index contributed by atoms with van der Waals surface area (Å²) in [6.45, 7) is 2.31. The summed E-state index contributed by atoms with van der Waals surface area (Å²) in [4.78, 5) is 11.5. The number of rotatable bonds is 5. The molecule has 3 nitrogen and oxygen atoms in total. The number of carbonyl (C=O) groups is 1. The smallest absolute Gasteiger partial charge is 0.248 e. The molecule has 102 valence electrons. The first-order valence-electron chi connectivity index (χ1n) is 6.48. The summed E-state index contributed by atoms with van der Waals surface area (Å²) in [5, 5.41) is 2.78. The number of allylic oxidation sites excluding steroid dienone is 1. The standard InChI is InChI=1S/C17H17NO2/c1-2-7-17(19)18-15-10-6-11-16(12-15)20-13-14-8-4-3-5-9-14/h2-12H,13H2,1H3,(H,18,19)/b7-2+. The molecule has 0 fully saturated rings. The lowest BCUT2D eigenvalue weighted by atomic mass is 10.2. The van der Waals surface area contributed by atoms with Crippen LogP contribution in [0.4, 0.5) is 5.69 Å². The zero-order valence-corrected chi connectivity index (χ0v) is 11.4. The average molecular weight is 267 g/mol. The van der Waals surface area contributed by atoms with Crippen LogP contribution in [-0.2, 0) is 11.4 Å².